The van der Waals surface area contributed by atoms with Crippen molar-refractivity contribution in [3.05, 3.63) is 0 Å². The summed E-state index contributed by atoms with van der Waals surface area (Å²) >= 11 is 0. The predicted molar refractivity (Wildman–Crippen MR) is 90.0 cm³/mol. The lowest BCUT2D eigenvalue weighted by Crippen LogP contribution is -2.43. The molecule has 0 bridgehead atoms. The van der Waals surface area contributed by atoms with Crippen LogP contribution in [0.5, 0.6) is 0 Å². The summed E-state index contributed by atoms with van der Waals surface area (Å²) < 4.78 is 0. The summed E-state index contributed by atoms with van der Waals surface area (Å²) in [5.41, 5.74) is 0.240. The van der Waals surface area contributed by atoms with Crippen LogP contribution in [0.25, 0.3) is 0 Å². The molecule has 21 heavy (non-hydrogen) atoms. The number of amides is 1. The monoisotopic (exact) mass is 296 g/mol. The summed E-state index contributed by atoms with van der Waals surface area (Å²) in [5, 5.41) is 3.59. The SMILES string of the molecule is CCCCC1NC(CC(C)C)N(CC(C)C(C)(C)C)C1=O. The topological polar surface area (TPSA) is 32.3 Å². The average molecular weight is 296 g/mol. The number of hydrogen-bond donors (Lipinski definition) is 1. The molecule has 1 aliphatic rings. The van der Waals surface area contributed by atoms with E-state index in [9.17, 15) is 4.79 Å². The van der Waals surface area contributed by atoms with Crippen molar-refractivity contribution in [3.8, 4) is 0 Å². The highest BCUT2D eigenvalue weighted by atomic mass is 16.2. The smallest absolute Gasteiger partial charge is 0.241 e. The van der Waals surface area contributed by atoms with Gasteiger partial charge in [0.25, 0.3) is 0 Å². The minimum Gasteiger partial charge on any atom is -0.325 e. The van der Waals surface area contributed by atoms with Gasteiger partial charge in [0.05, 0.1) is 12.2 Å². The second-order valence-electron chi connectivity index (χ2n) is 8.26. The molecule has 1 heterocycles. The zero-order chi connectivity index (χ0) is 16.2. The minimum absolute atomic E-state index is 0.0425. The molecule has 1 amide bonds. The molecule has 124 valence electrons. The van der Waals surface area contributed by atoms with E-state index >= 15 is 0 Å². The van der Waals surface area contributed by atoms with E-state index in [0.29, 0.717) is 17.7 Å². The van der Waals surface area contributed by atoms with Crippen molar-refractivity contribution in [2.24, 2.45) is 17.3 Å². The molecule has 1 fully saturated rings. The van der Waals surface area contributed by atoms with Crippen LogP contribution >= 0.6 is 0 Å². The van der Waals surface area contributed by atoms with Gasteiger partial charge in [0.15, 0.2) is 0 Å². The molecule has 0 aromatic carbocycles. The molecule has 3 heteroatoms. The zero-order valence-electron chi connectivity index (χ0n) is 15.2. The molecular weight excluding hydrogens is 260 g/mol. The lowest BCUT2D eigenvalue weighted by molar-refractivity contribution is -0.131. The Morgan fingerprint density at radius 1 is 1.24 bits per heavy atom. The molecular formula is C18H36N2O. The highest BCUT2D eigenvalue weighted by Crippen LogP contribution is 2.29. The molecule has 1 rings (SSSR count). The molecule has 0 spiro atoms. The first-order valence-corrected chi connectivity index (χ1v) is 8.73. The van der Waals surface area contributed by atoms with Crippen molar-refractivity contribution in [1.82, 2.24) is 10.2 Å². The van der Waals surface area contributed by atoms with Crippen LogP contribution in [0.1, 0.15) is 74.1 Å². The van der Waals surface area contributed by atoms with Crippen molar-refractivity contribution in [1.29, 1.82) is 0 Å². The van der Waals surface area contributed by atoms with Crippen LogP contribution in [0, 0.1) is 17.3 Å². The van der Waals surface area contributed by atoms with Gasteiger partial charge in [0, 0.05) is 6.54 Å². The highest BCUT2D eigenvalue weighted by molar-refractivity contribution is 5.84. The summed E-state index contributed by atoms with van der Waals surface area (Å²) in [7, 11) is 0. The van der Waals surface area contributed by atoms with Crippen molar-refractivity contribution in [3.63, 3.8) is 0 Å². The van der Waals surface area contributed by atoms with Gasteiger partial charge < -0.3 is 4.90 Å². The normalized spacial score (nSPS) is 25.0. The van der Waals surface area contributed by atoms with E-state index in [1.54, 1.807) is 0 Å². The van der Waals surface area contributed by atoms with Gasteiger partial charge in [-0.1, -0.05) is 61.3 Å². The Kier molecular flexibility index (Phi) is 6.71. The van der Waals surface area contributed by atoms with Gasteiger partial charge >= 0.3 is 0 Å². The fraction of sp³-hybridized carbons (Fsp3) is 0.944. The van der Waals surface area contributed by atoms with Gasteiger partial charge in [-0.2, -0.15) is 0 Å². The lowest BCUT2D eigenvalue weighted by atomic mass is 9.81. The maximum atomic E-state index is 12.7. The number of rotatable bonds is 7. The Bertz CT molecular complexity index is 333. The quantitative estimate of drug-likeness (QED) is 0.769. The number of hydrogen-bond acceptors (Lipinski definition) is 2. The first-order chi connectivity index (χ1) is 9.66. The molecule has 0 aromatic rings. The van der Waals surface area contributed by atoms with Crippen LogP contribution in [0.4, 0.5) is 0 Å². The largest absolute Gasteiger partial charge is 0.325 e. The lowest BCUT2D eigenvalue weighted by Gasteiger charge is -2.34. The minimum atomic E-state index is 0.0425. The third-order valence-corrected chi connectivity index (χ3v) is 4.84. The van der Waals surface area contributed by atoms with E-state index in [4.69, 9.17) is 0 Å². The highest BCUT2D eigenvalue weighted by Gasteiger charge is 2.39. The molecule has 3 atom stereocenters. The second kappa shape index (κ2) is 7.62. The second-order valence-corrected chi connectivity index (χ2v) is 8.26. The molecule has 0 saturated carbocycles. The van der Waals surface area contributed by atoms with Crippen molar-refractivity contribution < 1.29 is 4.79 Å². The maximum absolute atomic E-state index is 12.7. The summed E-state index contributed by atoms with van der Waals surface area (Å²) in [5.74, 6) is 1.43. The number of unbranched alkanes of at least 4 members (excludes halogenated alkanes) is 1. The average Bonchev–Trinajstić information content (AvgIpc) is 2.63. The van der Waals surface area contributed by atoms with Crippen molar-refractivity contribution in [2.45, 2.75) is 86.4 Å². The molecule has 1 aliphatic heterocycles. The van der Waals surface area contributed by atoms with E-state index in [2.05, 4.69) is 58.7 Å². The van der Waals surface area contributed by atoms with E-state index in [0.717, 1.165) is 32.2 Å². The number of nitrogens with zero attached hydrogens (tertiary/aromatic N) is 1. The molecule has 3 unspecified atom stereocenters. The maximum Gasteiger partial charge on any atom is 0.241 e. The molecule has 1 N–H and O–H groups in total. The standard InChI is InChI=1S/C18H36N2O/c1-8-9-10-15-17(21)20(12-14(4)18(5,6)7)16(19-15)11-13(2)3/h13-16,19H,8-12H2,1-7H3. The van der Waals surface area contributed by atoms with Crippen LogP contribution in [0.15, 0.2) is 0 Å². The van der Waals surface area contributed by atoms with E-state index in [1.165, 1.54) is 0 Å². The first kappa shape index (κ1) is 18.5. The Labute approximate surface area is 131 Å². The fourth-order valence-electron chi connectivity index (χ4n) is 2.79. The van der Waals surface area contributed by atoms with Gasteiger partial charge in [-0.15, -0.1) is 0 Å². The molecule has 0 aliphatic carbocycles. The Hall–Kier alpha value is -0.570. The van der Waals surface area contributed by atoms with Crippen LogP contribution in [0.2, 0.25) is 0 Å². The molecule has 0 radical (unpaired) electrons. The third kappa shape index (κ3) is 5.28. The van der Waals surface area contributed by atoms with E-state index in [1.807, 2.05) is 0 Å². The van der Waals surface area contributed by atoms with E-state index < -0.39 is 0 Å². The van der Waals surface area contributed by atoms with E-state index in [-0.39, 0.29) is 17.6 Å². The zero-order valence-corrected chi connectivity index (χ0v) is 15.2. The number of carbonyl (C=O) groups is 1. The molecule has 3 nitrogen and oxygen atoms in total. The summed E-state index contributed by atoms with van der Waals surface area (Å²) in [4.78, 5) is 14.9. The van der Waals surface area contributed by atoms with Gasteiger partial charge in [-0.05, 0) is 30.1 Å². The Morgan fingerprint density at radius 3 is 2.33 bits per heavy atom. The van der Waals surface area contributed by atoms with Crippen molar-refractivity contribution in [2.75, 3.05) is 6.54 Å². The summed E-state index contributed by atoms with van der Waals surface area (Å²) in [6.45, 7) is 16.6. The Morgan fingerprint density at radius 2 is 1.86 bits per heavy atom. The molecule has 0 aromatic heterocycles. The first-order valence-electron chi connectivity index (χ1n) is 8.73. The summed E-state index contributed by atoms with van der Waals surface area (Å²) in [6.07, 6.45) is 4.53. The predicted octanol–water partition coefficient (Wildman–Crippen LogP) is 4.03. The number of carbonyl (C=O) groups excluding carboxylic acids is 1. The Balaban J connectivity index is 2.77. The van der Waals surface area contributed by atoms with Gasteiger partial charge in [0.2, 0.25) is 5.91 Å². The van der Waals surface area contributed by atoms with Crippen LogP contribution < -0.4 is 5.32 Å². The van der Waals surface area contributed by atoms with Gasteiger partial charge in [-0.3, -0.25) is 10.1 Å². The van der Waals surface area contributed by atoms with Gasteiger partial charge in [-0.25, -0.2) is 0 Å². The van der Waals surface area contributed by atoms with Crippen LogP contribution in [-0.2, 0) is 4.79 Å². The van der Waals surface area contributed by atoms with Crippen molar-refractivity contribution >= 4 is 5.91 Å². The molecule has 1 saturated heterocycles. The number of nitrogens with one attached hydrogen (secondary N) is 1. The third-order valence-electron chi connectivity index (χ3n) is 4.84. The fourth-order valence-corrected chi connectivity index (χ4v) is 2.79. The van der Waals surface area contributed by atoms with Gasteiger partial charge in [0.1, 0.15) is 0 Å². The van der Waals surface area contributed by atoms with Crippen LogP contribution in [-0.4, -0.2) is 29.6 Å². The summed E-state index contributed by atoms with van der Waals surface area (Å²) in [6, 6.07) is 0.0425. The van der Waals surface area contributed by atoms with Crippen LogP contribution in [0.3, 0.4) is 0 Å².